The van der Waals surface area contributed by atoms with Crippen molar-refractivity contribution in [2.24, 2.45) is 0 Å². The second-order valence-corrected chi connectivity index (χ2v) is 8.18. The van der Waals surface area contributed by atoms with Gasteiger partial charge in [-0.25, -0.2) is 14.3 Å². The van der Waals surface area contributed by atoms with Crippen LogP contribution in [0.15, 0.2) is 29.5 Å². The zero-order chi connectivity index (χ0) is 24.6. The standard InChI is InChI=1S/C22H21ClF3N3O5/c1-32-20(30)14-10-34-11-28(18(14)21(31)33-2)17-9-12(23)7-8-16(17)29-15-6-4-3-5-13(15)19(27-29)22(24,25)26/h7-9H,3-6,10-11H2,1-2H3. The van der Waals surface area contributed by atoms with Gasteiger partial charge in [-0.05, 0) is 43.9 Å². The van der Waals surface area contributed by atoms with Gasteiger partial charge in [0.25, 0.3) is 0 Å². The monoisotopic (exact) mass is 499 g/mol. The maximum atomic E-state index is 13.8. The molecule has 0 spiro atoms. The molecule has 0 radical (unpaired) electrons. The Labute approximate surface area is 197 Å². The lowest BCUT2D eigenvalue weighted by Crippen LogP contribution is -2.39. The Morgan fingerprint density at radius 3 is 2.47 bits per heavy atom. The highest BCUT2D eigenvalue weighted by atomic mass is 35.5. The summed E-state index contributed by atoms with van der Waals surface area (Å²) in [5.74, 6) is -1.64. The molecule has 2 aliphatic rings. The second kappa shape index (κ2) is 9.30. The summed E-state index contributed by atoms with van der Waals surface area (Å²) in [6, 6.07) is 4.49. The molecular formula is C22H21ClF3N3O5. The average Bonchev–Trinajstić information content (AvgIpc) is 3.22. The van der Waals surface area contributed by atoms with Crippen LogP contribution in [0.2, 0.25) is 5.02 Å². The number of hydrogen-bond acceptors (Lipinski definition) is 7. The Hall–Kier alpha value is -3.05. The van der Waals surface area contributed by atoms with Crippen molar-refractivity contribution in [3.05, 3.63) is 51.4 Å². The molecule has 0 bridgehead atoms. The zero-order valence-corrected chi connectivity index (χ0v) is 19.1. The summed E-state index contributed by atoms with van der Waals surface area (Å²) in [6.07, 6.45) is -2.61. The van der Waals surface area contributed by atoms with Crippen LogP contribution in [0.25, 0.3) is 5.69 Å². The Morgan fingerprint density at radius 1 is 1.09 bits per heavy atom. The number of fused-ring (bicyclic) bond motifs is 1. The quantitative estimate of drug-likeness (QED) is 0.591. The van der Waals surface area contributed by atoms with Crippen molar-refractivity contribution in [2.75, 3.05) is 32.5 Å². The normalized spacial score (nSPS) is 16.4. The first kappa shape index (κ1) is 24.1. The third kappa shape index (κ3) is 4.25. The Balaban J connectivity index is 1.95. The number of ether oxygens (including phenoxy) is 3. The highest BCUT2D eigenvalue weighted by Crippen LogP contribution is 2.40. The van der Waals surface area contributed by atoms with Gasteiger partial charge in [0.2, 0.25) is 0 Å². The first-order valence-corrected chi connectivity index (χ1v) is 10.8. The third-order valence-corrected chi connectivity index (χ3v) is 5.97. The van der Waals surface area contributed by atoms with E-state index in [0.717, 1.165) is 14.2 Å². The van der Waals surface area contributed by atoms with Crippen LogP contribution < -0.4 is 4.90 Å². The average molecular weight is 500 g/mol. The number of anilines is 1. The maximum absolute atomic E-state index is 13.8. The van der Waals surface area contributed by atoms with E-state index in [4.69, 9.17) is 25.8 Å². The number of methoxy groups -OCH3 is 2. The van der Waals surface area contributed by atoms with Crippen molar-refractivity contribution in [1.82, 2.24) is 9.78 Å². The molecule has 0 saturated heterocycles. The number of rotatable bonds is 4. The summed E-state index contributed by atoms with van der Waals surface area (Å²) in [6.45, 7) is -0.396. The summed E-state index contributed by atoms with van der Waals surface area (Å²) in [4.78, 5) is 26.4. The first-order valence-electron chi connectivity index (χ1n) is 10.4. The maximum Gasteiger partial charge on any atom is 0.435 e. The number of aromatic nitrogens is 2. The molecule has 1 aliphatic carbocycles. The van der Waals surface area contributed by atoms with E-state index in [0.29, 0.717) is 25.0 Å². The van der Waals surface area contributed by atoms with E-state index in [1.165, 1.54) is 27.8 Å². The molecule has 2 heterocycles. The lowest BCUT2D eigenvalue weighted by molar-refractivity contribution is -0.142. The Bertz CT molecular complexity index is 1180. The van der Waals surface area contributed by atoms with Gasteiger partial charge in [0.15, 0.2) is 5.69 Å². The largest absolute Gasteiger partial charge is 0.466 e. The SMILES string of the molecule is COC(=O)C1=C(C(=O)OC)N(c2cc(Cl)ccc2-n2nc(C(F)(F)F)c3c2CCCC3)COC1. The number of esters is 2. The molecule has 0 saturated carbocycles. The summed E-state index contributed by atoms with van der Waals surface area (Å²) in [5, 5.41) is 4.19. The molecule has 0 amide bonds. The number of hydrogen-bond donors (Lipinski definition) is 0. The van der Waals surface area contributed by atoms with Gasteiger partial charge in [0, 0.05) is 16.3 Å². The van der Waals surface area contributed by atoms with Crippen LogP contribution in [0.1, 0.15) is 29.8 Å². The van der Waals surface area contributed by atoms with Gasteiger partial charge in [-0.3, -0.25) is 0 Å². The van der Waals surface area contributed by atoms with E-state index in [1.54, 1.807) is 0 Å². The van der Waals surface area contributed by atoms with Crippen molar-refractivity contribution in [3.63, 3.8) is 0 Å². The molecule has 1 aromatic carbocycles. The van der Waals surface area contributed by atoms with E-state index < -0.39 is 23.8 Å². The number of halogens is 4. The van der Waals surface area contributed by atoms with Crippen LogP contribution in [-0.2, 0) is 42.8 Å². The molecule has 34 heavy (non-hydrogen) atoms. The lowest BCUT2D eigenvalue weighted by Gasteiger charge is -2.32. The smallest absolute Gasteiger partial charge is 0.435 e. The van der Waals surface area contributed by atoms with Crippen molar-refractivity contribution in [2.45, 2.75) is 31.9 Å². The van der Waals surface area contributed by atoms with Gasteiger partial charge in [0.1, 0.15) is 12.4 Å². The van der Waals surface area contributed by atoms with E-state index in [2.05, 4.69) is 5.10 Å². The molecule has 182 valence electrons. The van der Waals surface area contributed by atoms with Crippen LogP contribution in [0.3, 0.4) is 0 Å². The van der Waals surface area contributed by atoms with Gasteiger partial charge in [-0.1, -0.05) is 11.6 Å². The number of nitrogens with zero attached hydrogens (tertiary/aromatic N) is 3. The van der Waals surface area contributed by atoms with Crippen LogP contribution in [0.5, 0.6) is 0 Å². The fourth-order valence-corrected chi connectivity index (χ4v) is 4.42. The summed E-state index contributed by atoms with van der Waals surface area (Å²) < 4.78 is 57.7. The van der Waals surface area contributed by atoms with Crippen molar-refractivity contribution in [3.8, 4) is 5.69 Å². The van der Waals surface area contributed by atoms with Crippen molar-refractivity contribution in [1.29, 1.82) is 0 Å². The van der Waals surface area contributed by atoms with Crippen molar-refractivity contribution >= 4 is 29.2 Å². The van der Waals surface area contributed by atoms with E-state index in [1.807, 2.05) is 0 Å². The van der Waals surface area contributed by atoms with Crippen LogP contribution in [-0.4, -0.2) is 49.3 Å². The zero-order valence-electron chi connectivity index (χ0n) is 18.4. The summed E-state index contributed by atoms with van der Waals surface area (Å²) >= 11 is 6.23. The molecule has 0 atom stereocenters. The third-order valence-electron chi connectivity index (χ3n) is 5.74. The van der Waals surface area contributed by atoms with Gasteiger partial charge >= 0.3 is 18.1 Å². The highest BCUT2D eigenvalue weighted by molar-refractivity contribution is 6.31. The van der Waals surface area contributed by atoms with Gasteiger partial charge in [-0.2, -0.15) is 18.3 Å². The fourth-order valence-electron chi connectivity index (χ4n) is 4.25. The molecule has 1 aromatic heterocycles. The van der Waals surface area contributed by atoms with Crippen LogP contribution in [0, 0.1) is 0 Å². The topological polar surface area (TPSA) is 82.9 Å². The van der Waals surface area contributed by atoms with Gasteiger partial charge in [0.05, 0.1) is 37.8 Å². The minimum absolute atomic E-state index is 0.0926. The predicted octanol–water partition coefficient (Wildman–Crippen LogP) is 3.82. The molecule has 4 rings (SSSR count). The minimum atomic E-state index is -4.62. The highest BCUT2D eigenvalue weighted by Gasteiger charge is 2.40. The molecule has 2 aromatic rings. The summed E-state index contributed by atoms with van der Waals surface area (Å²) in [7, 11) is 2.30. The molecule has 8 nitrogen and oxygen atoms in total. The number of carbonyl (C=O) groups excluding carboxylic acids is 2. The molecule has 12 heteroatoms. The van der Waals surface area contributed by atoms with E-state index >= 15 is 0 Å². The molecular weight excluding hydrogens is 479 g/mol. The lowest BCUT2D eigenvalue weighted by atomic mass is 9.95. The predicted molar refractivity (Wildman–Crippen MR) is 115 cm³/mol. The molecule has 0 N–H and O–H groups in total. The van der Waals surface area contributed by atoms with E-state index in [-0.39, 0.29) is 53.0 Å². The Morgan fingerprint density at radius 2 is 1.79 bits per heavy atom. The van der Waals surface area contributed by atoms with Crippen LogP contribution >= 0.6 is 11.6 Å². The van der Waals surface area contributed by atoms with Gasteiger partial charge in [-0.15, -0.1) is 0 Å². The molecule has 1 aliphatic heterocycles. The molecule has 0 unspecified atom stereocenters. The van der Waals surface area contributed by atoms with Crippen LogP contribution in [0.4, 0.5) is 18.9 Å². The Kier molecular flexibility index (Phi) is 6.59. The summed E-state index contributed by atoms with van der Waals surface area (Å²) in [5.41, 5.74) is -0.110. The first-order chi connectivity index (χ1) is 16.2. The fraction of sp³-hybridized carbons (Fsp3) is 0.409. The minimum Gasteiger partial charge on any atom is -0.466 e. The number of alkyl halides is 3. The van der Waals surface area contributed by atoms with Crippen molar-refractivity contribution < 1.29 is 37.0 Å². The number of carbonyl (C=O) groups is 2. The number of benzene rings is 1. The van der Waals surface area contributed by atoms with Gasteiger partial charge < -0.3 is 19.1 Å². The second-order valence-electron chi connectivity index (χ2n) is 7.74. The molecule has 0 fully saturated rings. The van der Waals surface area contributed by atoms with E-state index in [9.17, 15) is 22.8 Å².